The Morgan fingerprint density at radius 2 is 2.27 bits per heavy atom. The molecule has 0 aliphatic rings. The van der Waals surface area contributed by atoms with Crippen molar-refractivity contribution in [2.45, 2.75) is 6.92 Å². The van der Waals surface area contributed by atoms with Gasteiger partial charge in [-0.05, 0) is 6.92 Å². The molecular formula is C6H12N2O2S. The summed E-state index contributed by atoms with van der Waals surface area (Å²) in [7, 11) is 0. The maximum Gasteiger partial charge on any atom is 0.315 e. The van der Waals surface area contributed by atoms with Gasteiger partial charge in [-0.15, -0.1) is 11.8 Å². The molecular weight excluding hydrogens is 164 g/mol. The minimum Gasteiger partial charge on any atom is -0.465 e. The maximum absolute atomic E-state index is 10.7. The van der Waals surface area contributed by atoms with Crippen LogP contribution in [0.15, 0.2) is 0 Å². The highest BCUT2D eigenvalue weighted by Crippen LogP contribution is 1.98. The second-order valence-electron chi connectivity index (χ2n) is 1.82. The summed E-state index contributed by atoms with van der Waals surface area (Å²) in [6.45, 7) is 2.16. The van der Waals surface area contributed by atoms with Crippen LogP contribution in [-0.4, -0.2) is 29.9 Å². The van der Waals surface area contributed by atoms with Crippen LogP contribution in [0.3, 0.4) is 0 Å². The molecule has 0 atom stereocenters. The highest BCUT2D eigenvalue weighted by molar-refractivity contribution is 8.00. The zero-order valence-electron chi connectivity index (χ0n) is 6.42. The SMILES string of the molecule is CCOC(=O)CSCC(=N)N. The lowest BCUT2D eigenvalue weighted by atomic mass is 10.7. The zero-order chi connectivity index (χ0) is 8.69. The van der Waals surface area contributed by atoms with Gasteiger partial charge in [-0.25, -0.2) is 0 Å². The van der Waals surface area contributed by atoms with Gasteiger partial charge in [0, 0.05) is 0 Å². The van der Waals surface area contributed by atoms with E-state index in [9.17, 15) is 4.79 Å². The van der Waals surface area contributed by atoms with Crippen LogP contribution in [0.1, 0.15) is 6.92 Å². The van der Waals surface area contributed by atoms with Gasteiger partial charge in [0.2, 0.25) is 0 Å². The first kappa shape index (κ1) is 10.3. The Morgan fingerprint density at radius 3 is 2.73 bits per heavy atom. The molecule has 0 unspecified atom stereocenters. The number of hydrogen-bond donors (Lipinski definition) is 2. The van der Waals surface area contributed by atoms with Crippen molar-refractivity contribution >= 4 is 23.6 Å². The van der Waals surface area contributed by atoms with Crippen LogP contribution in [0.25, 0.3) is 0 Å². The van der Waals surface area contributed by atoms with Gasteiger partial charge in [-0.3, -0.25) is 10.2 Å². The summed E-state index contributed by atoms with van der Waals surface area (Å²) in [4.78, 5) is 10.7. The number of amidine groups is 1. The number of nitrogens with one attached hydrogen (secondary N) is 1. The first-order valence-corrected chi connectivity index (χ1v) is 4.38. The topological polar surface area (TPSA) is 76.2 Å². The average molecular weight is 176 g/mol. The van der Waals surface area contributed by atoms with Gasteiger partial charge in [0.25, 0.3) is 0 Å². The lowest BCUT2D eigenvalue weighted by Gasteiger charge is -1.99. The molecule has 0 spiro atoms. The number of ether oxygens (including phenoxy) is 1. The van der Waals surface area contributed by atoms with Crippen LogP contribution in [0.2, 0.25) is 0 Å². The Bertz CT molecular complexity index is 150. The van der Waals surface area contributed by atoms with E-state index in [-0.39, 0.29) is 17.6 Å². The van der Waals surface area contributed by atoms with Crippen molar-refractivity contribution in [1.29, 1.82) is 5.41 Å². The molecule has 0 aromatic heterocycles. The van der Waals surface area contributed by atoms with E-state index in [2.05, 4.69) is 4.74 Å². The van der Waals surface area contributed by atoms with Gasteiger partial charge in [0.1, 0.15) is 5.84 Å². The Hall–Kier alpha value is -0.710. The molecule has 0 aliphatic heterocycles. The van der Waals surface area contributed by atoms with Crippen LogP contribution in [0.5, 0.6) is 0 Å². The molecule has 0 fully saturated rings. The molecule has 0 aromatic carbocycles. The third kappa shape index (κ3) is 7.18. The minimum atomic E-state index is -0.251. The van der Waals surface area contributed by atoms with Crippen LogP contribution in [0, 0.1) is 5.41 Å². The molecule has 0 amide bonds. The molecule has 0 bridgehead atoms. The zero-order valence-corrected chi connectivity index (χ0v) is 7.24. The molecule has 0 aromatic rings. The third-order valence-electron chi connectivity index (χ3n) is 0.783. The summed E-state index contributed by atoms with van der Waals surface area (Å²) in [6, 6.07) is 0. The monoisotopic (exact) mass is 176 g/mol. The van der Waals surface area contributed by atoms with Gasteiger partial charge in [-0.1, -0.05) is 0 Å². The number of carbonyl (C=O) groups excluding carboxylic acids is 1. The average Bonchev–Trinajstić information content (AvgIpc) is 1.87. The van der Waals surface area contributed by atoms with E-state index in [1.165, 1.54) is 11.8 Å². The quantitative estimate of drug-likeness (QED) is 0.357. The molecule has 4 nitrogen and oxygen atoms in total. The van der Waals surface area contributed by atoms with E-state index in [4.69, 9.17) is 11.1 Å². The van der Waals surface area contributed by atoms with E-state index in [1.54, 1.807) is 6.92 Å². The fraction of sp³-hybridized carbons (Fsp3) is 0.667. The molecule has 0 aliphatic carbocycles. The predicted octanol–water partition coefficient (Wildman–Crippen LogP) is 0.219. The standard InChI is InChI=1S/C6H12N2O2S/c1-2-10-6(9)4-11-3-5(7)8/h2-4H2,1H3,(H3,7,8). The molecule has 3 N–H and O–H groups in total. The molecule has 0 heterocycles. The largest absolute Gasteiger partial charge is 0.465 e. The van der Waals surface area contributed by atoms with Crippen LogP contribution >= 0.6 is 11.8 Å². The van der Waals surface area contributed by atoms with E-state index >= 15 is 0 Å². The van der Waals surface area contributed by atoms with Gasteiger partial charge in [-0.2, -0.15) is 0 Å². The summed E-state index contributed by atoms with van der Waals surface area (Å²) in [5.41, 5.74) is 5.06. The second-order valence-corrected chi connectivity index (χ2v) is 2.81. The predicted molar refractivity (Wildman–Crippen MR) is 45.9 cm³/mol. The molecule has 64 valence electrons. The van der Waals surface area contributed by atoms with Crippen molar-refractivity contribution in [2.75, 3.05) is 18.1 Å². The highest BCUT2D eigenvalue weighted by atomic mass is 32.2. The number of rotatable bonds is 5. The summed E-state index contributed by atoms with van der Waals surface area (Å²) in [5.74, 6) is 0.490. The summed E-state index contributed by atoms with van der Waals surface area (Å²) in [6.07, 6.45) is 0. The molecule has 11 heavy (non-hydrogen) atoms. The van der Waals surface area contributed by atoms with Crippen LogP contribution in [-0.2, 0) is 9.53 Å². The second kappa shape index (κ2) is 6.03. The molecule has 0 saturated heterocycles. The van der Waals surface area contributed by atoms with Gasteiger partial charge >= 0.3 is 5.97 Å². The Labute approximate surface area is 70.0 Å². The first-order valence-electron chi connectivity index (χ1n) is 3.23. The molecule has 5 heteroatoms. The first-order chi connectivity index (χ1) is 5.16. The molecule has 0 radical (unpaired) electrons. The summed E-state index contributed by atoms with van der Waals surface area (Å²) >= 11 is 1.29. The van der Waals surface area contributed by atoms with Crippen LogP contribution in [0.4, 0.5) is 0 Å². The number of hydrogen-bond acceptors (Lipinski definition) is 4. The molecule has 0 saturated carbocycles. The van der Waals surface area contributed by atoms with Crippen molar-refractivity contribution in [2.24, 2.45) is 5.73 Å². The number of nitrogens with two attached hydrogens (primary N) is 1. The van der Waals surface area contributed by atoms with E-state index in [0.717, 1.165) is 0 Å². The Balaban J connectivity index is 3.24. The lowest BCUT2D eigenvalue weighted by molar-refractivity contribution is -0.139. The number of thioether (sulfide) groups is 1. The van der Waals surface area contributed by atoms with Crippen molar-refractivity contribution < 1.29 is 9.53 Å². The Morgan fingerprint density at radius 1 is 1.64 bits per heavy atom. The number of esters is 1. The maximum atomic E-state index is 10.7. The van der Waals surface area contributed by atoms with Crippen molar-refractivity contribution in [3.63, 3.8) is 0 Å². The van der Waals surface area contributed by atoms with Gasteiger partial charge < -0.3 is 10.5 Å². The summed E-state index contributed by atoms with van der Waals surface area (Å²) < 4.78 is 4.65. The lowest BCUT2D eigenvalue weighted by Crippen LogP contribution is -2.15. The number of carbonyl (C=O) groups is 1. The normalized spacial score (nSPS) is 9.18. The Kier molecular flexibility index (Phi) is 5.64. The fourth-order valence-corrected chi connectivity index (χ4v) is 1.02. The molecule has 0 rings (SSSR count). The van der Waals surface area contributed by atoms with Crippen LogP contribution < -0.4 is 5.73 Å². The minimum absolute atomic E-state index is 0.0827. The van der Waals surface area contributed by atoms with Gasteiger partial charge in [0.15, 0.2) is 0 Å². The van der Waals surface area contributed by atoms with Gasteiger partial charge in [0.05, 0.1) is 18.1 Å². The highest BCUT2D eigenvalue weighted by Gasteiger charge is 2.00. The van der Waals surface area contributed by atoms with Crippen molar-refractivity contribution in [3.05, 3.63) is 0 Å². The van der Waals surface area contributed by atoms with Crippen molar-refractivity contribution in [1.82, 2.24) is 0 Å². The van der Waals surface area contributed by atoms with Crippen molar-refractivity contribution in [3.8, 4) is 0 Å². The fourth-order valence-electron chi connectivity index (χ4n) is 0.447. The van der Waals surface area contributed by atoms with E-state index in [1.807, 2.05) is 0 Å². The third-order valence-corrected chi connectivity index (χ3v) is 1.74. The smallest absolute Gasteiger partial charge is 0.315 e. The summed E-state index contributed by atoms with van der Waals surface area (Å²) in [5, 5.41) is 6.85. The van der Waals surface area contributed by atoms with E-state index in [0.29, 0.717) is 12.4 Å². The van der Waals surface area contributed by atoms with E-state index < -0.39 is 0 Å².